The summed E-state index contributed by atoms with van der Waals surface area (Å²) in [5, 5.41) is 0. The minimum absolute atomic E-state index is 0.126. The van der Waals surface area contributed by atoms with Crippen LogP contribution in [0.4, 0.5) is 0 Å². The zero-order valence-electron chi connectivity index (χ0n) is 11.6. The highest BCUT2D eigenvalue weighted by Gasteiger charge is 2.24. The second-order valence-corrected chi connectivity index (χ2v) is 4.84. The Morgan fingerprint density at radius 1 is 1.32 bits per heavy atom. The Morgan fingerprint density at radius 3 is 2.63 bits per heavy atom. The summed E-state index contributed by atoms with van der Waals surface area (Å²) in [6.07, 6.45) is 5.45. The Morgan fingerprint density at radius 2 is 2.00 bits per heavy atom. The Hall–Kier alpha value is -1.77. The Labute approximate surface area is 114 Å². The van der Waals surface area contributed by atoms with Crippen molar-refractivity contribution in [3.8, 4) is 5.75 Å². The molecule has 0 bridgehead atoms. The lowest BCUT2D eigenvalue weighted by Gasteiger charge is -2.32. The molecule has 0 radical (unpaired) electrons. The number of piperidine rings is 1. The van der Waals surface area contributed by atoms with Gasteiger partial charge in [-0.1, -0.05) is 24.3 Å². The van der Waals surface area contributed by atoms with Gasteiger partial charge in [0.1, 0.15) is 5.75 Å². The summed E-state index contributed by atoms with van der Waals surface area (Å²) < 4.78 is 5.42. The second-order valence-electron chi connectivity index (χ2n) is 4.84. The first-order valence-electron chi connectivity index (χ1n) is 6.80. The molecule has 1 aliphatic heterocycles. The summed E-state index contributed by atoms with van der Waals surface area (Å²) in [5.74, 6) is 1.58. The van der Waals surface area contributed by atoms with E-state index in [1.807, 2.05) is 24.0 Å². The smallest absolute Gasteiger partial charge is 0.246 e. The number of likely N-dealkylation sites (tertiary alicyclic amines) is 1. The molecule has 19 heavy (non-hydrogen) atoms. The fourth-order valence-corrected chi connectivity index (χ4v) is 2.66. The van der Waals surface area contributed by atoms with Gasteiger partial charge in [0.05, 0.1) is 7.11 Å². The first kappa shape index (κ1) is 13.7. The lowest BCUT2D eigenvalue weighted by molar-refractivity contribution is -0.127. The van der Waals surface area contributed by atoms with Crippen molar-refractivity contribution in [3.63, 3.8) is 0 Å². The van der Waals surface area contributed by atoms with Crippen LogP contribution in [-0.2, 0) is 4.79 Å². The average molecular weight is 259 g/mol. The number of carbonyl (C=O) groups excluding carboxylic acids is 1. The van der Waals surface area contributed by atoms with Gasteiger partial charge >= 0.3 is 0 Å². The van der Waals surface area contributed by atoms with E-state index in [0.717, 1.165) is 31.7 Å². The van der Waals surface area contributed by atoms with Gasteiger partial charge in [-0.05, 0) is 43.4 Å². The molecule has 1 heterocycles. The third-order valence-corrected chi connectivity index (χ3v) is 3.69. The summed E-state index contributed by atoms with van der Waals surface area (Å²) in [6.45, 7) is 3.53. The van der Waals surface area contributed by atoms with E-state index in [1.54, 1.807) is 19.3 Å². The van der Waals surface area contributed by atoms with Gasteiger partial charge in [-0.25, -0.2) is 0 Å². The summed E-state index contributed by atoms with van der Waals surface area (Å²) in [4.78, 5) is 13.7. The molecule has 1 aromatic carbocycles. The van der Waals surface area contributed by atoms with E-state index in [9.17, 15) is 4.79 Å². The molecule has 1 aromatic rings. The first-order chi connectivity index (χ1) is 9.26. The highest BCUT2D eigenvalue weighted by molar-refractivity contribution is 5.87. The molecular formula is C16H21NO2. The summed E-state index contributed by atoms with van der Waals surface area (Å²) in [5.41, 5.74) is 1.27. The number of carbonyl (C=O) groups is 1. The lowest BCUT2D eigenvalue weighted by Crippen LogP contribution is -2.36. The van der Waals surface area contributed by atoms with Gasteiger partial charge in [-0.2, -0.15) is 0 Å². The maximum Gasteiger partial charge on any atom is 0.246 e. The van der Waals surface area contributed by atoms with Crippen LogP contribution in [0.15, 0.2) is 36.4 Å². The van der Waals surface area contributed by atoms with Crippen LogP contribution in [0.3, 0.4) is 0 Å². The maximum absolute atomic E-state index is 11.8. The van der Waals surface area contributed by atoms with Crippen LogP contribution in [0.25, 0.3) is 0 Å². The molecule has 0 aliphatic carbocycles. The predicted molar refractivity (Wildman–Crippen MR) is 76.4 cm³/mol. The molecule has 1 amide bonds. The number of rotatable bonds is 3. The highest BCUT2D eigenvalue weighted by Crippen LogP contribution is 2.33. The van der Waals surface area contributed by atoms with Gasteiger partial charge in [0, 0.05) is 13.1 Å². The molecule has 0 saturated carbocycles. The zero-order chi connectivity index (χ0) is 13.7. The molecular weight excluding hydrogens is 238 g/mol. The number of methoxy groups -OCH3 is 1. The first-order valence-corrected chi connectivity index (χ1v) is 6.80. The highest BCUT2D eigenvalue weighted by atomic mass is 16.5. The molecule has 1 aliphatic rings. The molecule has 0 N–H and O–H groups in total. The van der Waals surface area contributed by atoms with Gasteiger partial charge in [-0.3, -0.25) is 4.79 Å². The summed E-state index contributed by atoms with van der Waals surface area (Å²) in [6, 6.07) is 8.18. The topological polar surface area (TPSA) is 29.5 Å². The van der Waals surface area contributed by atoms with Crippen molar-refractivity contribution >= 4 is 5.91 Å². The number of hydrogen-bond donors (Lipinski definition) is 0. The van der Waals surface area contributed by atoms with Crippen LogP contribution in [-0.4, -0.2) is 31.0 Å². The van der Waals surface area contributed by atoms with Crippen molar-refractivity contribution in [1.29, 1.82) is 0 Å². The molecule has 0 unspecified atom stereocenters. The maximum atomic E-state index is 11.8. The van der Waals surface area contributed by atoms with Crippen LogP contribution < -0.4 is 4.74 Å². The van der Waals surface area contributed by atoms with Gasteiger partial charge in [0.25, 0.3) is 0 Å². The fraction of sp³-hybridized carbons (Fsp3) is 0.438. The monoisotopic (exact) mass is 259 g/mol. The molecule has 0 spiro atoms. The number of hydrogen-bond acceptors (Lipinski definition) is 2. The van der Waals surface area contributed by atoms with E-state index in [1.165, 1.54) is 5.56 Å². The van der Waals surface area contributed by atoms with Gasteiger partial charge < -0.3 is 9.64 Å². The number of amides is 1. The number of benzene rings is 1. The van der Waals surface area contributed by atoms with Crippen molar-refractivity contribution in [2.24, 2.45) is 0 Å². The number of allylic oxidation sites excluding steroid dienone is 1. The van der Waals surface area contributed by atoms with E-state index in [-0.39, 0.29) is 5.91 Å². The SMILES string of the molecule is C/C=C/C(=O)N1CCC(c2ccccc2OC)CC1. The molecule has 1 fully saturated rings. The second kappa shape index (κ2) is 6.41. The van der Waals surface area contributed by atoms with Crippen LogP contribution >= 0.6 is 0 Å². The molecule has 1 saturated heterocycles. The summed E-state index contributed by atoms with van der Waals surface area (Å²) in [7, 11) is 1.71. The van der Waals surface area contributed by atoms with Gasteiger partial charge in [0.15, 0.2) is 0 Å². The van der Waals surface area contributed by atoms with Crippen molar-refractivity contribution in [2.75, 3.05) is 20.2 Å². The number of ether oxygens (including phenoxy) is 1. The van der Waals surface area contributed by atoms with Crippen LogP contribution in [0, 0.1) is 0 Å². The third-order valence-electron chi connectivity index (χ3n) is 3.69. The molecule has 102 valence electrons. The van der Waals surface area contributed by atoms with Crippen LogP contribution in [0.5, 0.6) is 5.75 Å². The quantitative estimate of drug-likeness (QED) is 0.781. The molecule has 0 aromatic heterocycles. The van der Waals surface area contributed by atoms with Gasteiger partial charge in [-0.15, -0.1) is 0 Å². The summed E-state index contributed by atoms with van der Waals surface area (Å²) >= 11 is 0. The Balaban J connectivity index is 2.02. The van der Waals surface area contributed by atoms with Crippen molar-refractivity contribution < 1.29 is 9.53 Å². The standard InChI is InChI=1S/C16H21NO2/c1-3-6-16(18)17-11-9-13(10-12-17)14-7-4-5-8-15(14)19-2/h3-8,13H,9-12H2,1-2H3/b6-3+. The zero-order valence-corrected chi connectivity index (χ0v) is 11.6. The molecule has 3 nitrogen and oxygen atoms in total. The van der Waals surface area contributed by atoms with Crippen LogP contribution in [0.1, 0.15) is 31.2 Å². The molecule has 0 atom stereocenters. The average Bonchev–Trinajstić information content (AvgIpc) is 2.47. The minimum atomic E-state index is 0.126. The normalized spacial score (nSPS) is 16.8. The van der Waals surface area contributed by atoms with Crippen molar-refractivity contribution in [3.05, 3.63) is 42.0 Å². The molecule has 3 heteroatoms. The Bertz CT molecular complexity index is 460. The van der Waals surface area contributed by atoms with Gasteiger partial charge in [0.2, 0.25) is 5.91 Å². The largest absolute Gasteiger partial charge is 0.496 e. The van der Waals surface area contributed by atoms with Crippen molar-refractivity contribution in [1.82, 2.24) is 4.90 Å². The van der Waals surface area contributed by atoms with E-state index < -0.39 is 0 Å². The third kappa shape index (κ3) is 3.16. The van der Waals surface area contributed by atoms with Crippen LogP contribution in [0.2, 0.25) is 0 Å². The van der Waals surface area contributed by atoms with E-state index >= 15 is 0 Å². The van der Waals surface area contributed by atoms with E-state index in [4.69, 9.17) is 4.74 Å². The number of nitrogens with zero attached hydrogens (tertiary/aromatic N) is 1. The number of para-hydroxylation sites is 1. The van der Waals surface area contributed by atoms with E-state index in [2.05, 4.69) is 12.1 Å². The predicted octanol–water partition coefficient (Wildman–Crippen LogP) is 2.98. The minimum Gasteiger partial charge on any atom is -0.496 e. The van der Waals surface area contributed by atoms with Crippen molar-refractivity contribution in [2.45, 2.75) is 25.7 Å². The lowest BCUT2D eigenvalue weighted by atomic mass is 9.89. The fourth-order valence-electron chi connectivity index (χ4n) is 2.66. The Kier molecular flexibility index (Phi) is 4.61. The van der Waals surface area contributed by atoms with E-state index in [0.29, 0.717) is 5.92 Å². The molecule has 2 rings (SSSR count).